The van der Waals surface area contributed by atoms with Crippen molar-refractivity contribution in [2.45, 2.75) is 0 Å². The van der Waals surface area contributed by atoms with Gasteiger partial charge in [-0.3, -0.25) is 10.1 Å². The summed E-state index contributed by atoms with van der Waals surface area (Å²) in [6, 6.07) is 12.5. The van der Waals surface area contributed by atoms with E-state index in [0.717, 1.165) is 11.3 Å². The van der Waals surface area contributed by atoms with Gasteiger partial charge in [0.2, 0.25) is 11.9 Å². The second kappa shape index (κ2) is 6.40. The average Bonchev–Trinajstić information content (AvgIpc) is 3.30. The van der Waals surface area contributed by atoms with Crippen LogP contribution in [0.3, 0.4) is 0 Å². The largest absolute Gasteiger partial charge is 0.497 e. The zero-order chi connectivity index (χ0) is 17.2. The van der Waals surface area contributed by atoms with E-state index in [9.17, 15) is 4.79 Å². The first-order chi connectivity index (χ1) is 12.2. The third-order valence-corrected chi connectivity index (χ3v) is 4.50. The number of nitrogens with zero attached hydrogens (tertiary/aromatic N) is 2. The van der Waals surface area contributed by atoms with Gasteiger partial charge in [-0.25, -0.2) is 0 Å². The molecule has 0 spiro atoms. The molecule has 7 nitrogen and oxygen atoms in total. The minimum absolute atomic E-state index is 0.169. The van der Waals surface area contributed by atoms with Crippen molar-refractivity contribution in [3.8, 4) is 27.8 Å². The van der Waals surface area contributed by atoms with Gasteiger partial charge in [0, 0.05) is 11.1 Å². The molecule has 126 valence electrons. The normalized spacial score (nSPS) is 12.0. The second-order valence-electron chi connectivity index (χ2n) is 5.16. The van der Waals surface area contributed by atoms with Gasteiger partial charge in [-0.05, 0) is 42.5 Å². The Morgan fingerprint density at radius 1 is 1.12 bits per heavy atom. The van der Waals surface area contributed by atoms with E-state index in [-0.39, 0.29) is 12.7 Å². The van der Waals surface area contributed by atoms with Crippen molar-refractivity contribution in [1.82, 2.24) is 10.2 Å². The first-order valence-corrected chi connectivity index (χ1v) is 8.23. The van der Waals surface area contributed by atoms with Crippen LogP contribution in [0.2, 0.25) is 0 Å². The number of hydrogen-bond acceptors (Lipinski definition) is 7. The molecule has 0 atom stereocenters. The van der Waals surface area contributed by atoms with E-state index < -0.39 is 0 Å². The summed E-state index contributed by atoms with van der Waals surface area (Å²) < 4.78 is 15.7. The third kappa shape index (κ3) is 3.11. The Morgan fingerprint density at radius 2 is 1.92 bits per heavy atom. The van der Waals surface area contributed by atoms with Crippen molar-refractivity contribution in [3.63, 3.8) is 0 Å². The summed E-state index contributed by atoms with van der Waals surface area (Å²) in [5.41, 5.74) is 1.37. The molecule has 0 saturated carbocycles. The highest BCUT2D eigenvalue weighted by Crippen LogP contribution is 2.33. The molecular weight excluding hydrogens is 342 g/mol. The highest BCUT2D eigenvalue weighted by Gasteiger charge is 2.17. The van der Waals surface area contributed by atoms with E-state index in [1.165, 1.54) is 11.3 Å². The van der Waals surface area contributed by atoms with Gasteiger partial charge in [0.25, 0.3) is 5.91 Å². The van der Waals surface area contributed by atoms with Crippen LogP contribution in [0.25, 0.3) is 10.6 Å². The van der Waals surface area contributed by atoms with Gasteiger partial charge in [0.1, 0.15) is 10.8 Å². The molecule has 1 aliphatic heterocycles. The summed E-state index contributed by atoms with van der Waals surface area (Å²) in [7, 11) is 1.61. The lowest BCUT2D eigenvalue weighted by atomic mass is 10.2. The fraction of sp³-hybridized carbons (Fsp3) is 0.118. The van der Waals surface area contributed by atoms with Crippen molar-refractivity contribution in [2.75, 3.05) is 19.2 Å². The number of hydrogen-bond donors (Lipinski definition) is 1. The van der Waals surface area contributed by atoms with Crippen LogP contribution in [-0.2, 0) is 0 Å². The molecule has 1 aromatic heterocycles. The van der Waals surface area contributed by atoms with Crippen molar-refractivity contribution in [3.05, 3.63) is 48.0 Å². The lowest BCUT2D eigenvalue weighted by Crippen LogP contribution is -2.11. The van der Waals surface area contributed by atoms with Crippen LogP contribution in [0, 0.1) is 0 Å². The summed E-state index contributed by atoms with van der Waals surface area (Å²) >= 11 is 1.30. The molecule has 8 heteroatoms. The maximum absolute atomic E-state index is 12.4. The third-order valence-electron chi connectivity index (χ3n) is 3.62. The maximum Gasteiger partial charge on any atom is 0.257 e. The minimum Gasteiger partial charge on any atom is -0.497 e. The molecule has 0 saturated heterocycles. The van der Waals surface area contributed by atoms with Crippen LogP contribution in [0.4, 0.5) is 5.13 Å². The van der Waals surface area contributed by atoms with Crippen LogP contribution in [0.5, 0.6) is 17.2 Å². The van der Waals surface area contributed by atoms with Crippen LogP contribution < -0.4 is 19.5 Å². The van der Waals surface area contributed by atoms with Gasteiger partial charge in [0.05, 0.1) is 7.11 Å². The number of methoxy groups -OCH3 is 1. The number of carbonyl (C=O) groups excluding carboxylic acids is 1. The molecule has 4 rings (SSSR count). The summed E-state index contributed by atoms with van der Waals surface area (Å²) in [6.45, 7) is 0.169. The van der Waals surface area contributed by atoms with Gasteiger partial charge in [-0.15, -0.1) is 10.2 Å². The minimum atomic E-state index is -0.282. The van der Waals surface area contributed by atoms with Crippen molar-refractivity contribution in [2.24, 2.45) is 0 Å². The van der Waals surface area contributed by atoms with Gasteiger partial charge >= 0.3 is 0 Å². The number of carbonyl (C=O) groups is 1. The number of rotatable bonds is 4. The Bertz CT molecular complexity index is 924. The Morgan fingerprint density at radius 3 is 2.72 bits per heavy atom. The molecule has 0 radical (unpaired) electrons. The predicted molar refractivity (Wildman–Crippen MR) is 92.4 cm³/mol. The first-order valence-electron chi connectivity index (χ1n) is 7.42. The molecule has 2 heterocycles. The Labute approximate surface area is 147 Å². The SMILES string of the molecule is COc1ccc(-c2nnc(NC(=O)c3ccc4c(c3)OCO4)s2)cc1. The number of anilines is 1. The molecule has 0 aliphatic carbocycles. The van der Waals surface area contributed by atoms with E-state index in [4.69, 9.17) is 14.2 Å². The highest BCUT2D eigenvalue weighted by molar-refractivity contribution is 7.18. The molecule has 25 heavy (non-hydrogen) atoms. The molecule has 3 aromatic rings. The predicted octanol–water partition coefficient (Wildman–Crippen LogP) is 3.19. The van der Waals surface area contributed by atoms with Crippen molar-refractivity contribution >= 4 is 22.4 Å². The number of nitrogens with one attached hydrogen (secondary N) is 1. The smallest absolute Gasteiger partial charge is 0.257 e. The lowest BCUT2D eigenvalue weighted by molar-refractivity contribution is 0.102. The second-order valence-corrected chi connectivity index (χ2v) is 6.14. The lowest BCUT2D eigenvalue weighted by Gasteiger charge is -2.02. The number of ether oxygens (including phenoxy) is 3. The quantitative estimate of drug-likeness (QED) is 0.774. The van der Waals surface area contributed by atoms with Gasteiger partial charge in [-0.1, -0.05) is 11.3 Å². The summed E-state index contributed by atoms with van der Waals surface area (Å²) in [4.78, 5) is 12.4. The van der Waals surface area contributed by atoms with Gasteiger partial charge in [0.15, 0.2) is 11.5 Å². The monoisotopic (exact) mass is 355 g/mol. The number of amides is 1. The zero-order valence-corrected chi connectivity index (χ0v) is 14.0. The first kappa shape index (κ1) is 15.4. The molecule has 1 N–H and O–H groups in total. The van der Waals surface area contributed by atoms with Crippen LogP contribution in [0.15, 0.2) is 42.5 Å². The summed E-state index contributed by atoms with van der Waals surface area (Å²) in [5, 5.41) is 12.0. The van der Waals surface area contributed by atoms with E-state index in [1.807, 2.05) is 24.3 Å². The molecule has 1 amide bonds. The topological polar surface area (TPSA) is 82.6 Å². The van der Waals surface area contributed by atoms with E-state index in [1.54, 1.807) is 25.3 Å². The van der Waals surface area contributed by atoms with Crippen LogP contribution >= 0.6 is 11.3 Å². The van der Waals surface area contributed by atoms with Gasteiger partial charge in [-0.2, -0.15) is 0 Å². The fourth-order valence-electron chi connectivity index (χ4n) is 2.33. The molecule has 1 aliphatic rings. The molecular formula is C17H13N3O4S. The number of fused-ring (bicyclic) bond motifs is 1. The maximum atomic E-state index is 12.4. The van der Waals surface area contributed by atoms with Crippen LogP contribution in [-0.4, -0.2) is 30.0 Å². The number of benzene rings is 2. The van der Waals surface area contributed by atoms with Crippen molar-refractivity contribution in [1.29, 1.82) is 0 Å². The molecule has 0 unspecified atom stereocenters. The Kier molecular flexibility index (Phi) is 3.95. The fourth-order valence-corrected chi connectivity index (χ4v) is 3.08. The standard InChI is InChI=1S/C17H13N3O4S/c1-22-12-5-2-10(3-6-12)16-19-20-17(25-16)18-15(21)11-4-7-13-14(8-11)24-9-23-13/h2-8H,9H2,1H3,(H,18,20,21). The molecule has 0 bridgehead atoms. The van der Waals surface area contributed by atoms with Gasteiger partial charge < -0.3 is 14.2 Å². The Balaban J connectivity index is 1.49. The number of aromatic nitrogens is 2. The highest BCUT2D eigenvalue weighted by atomic mass is 32.1. The average molecular weight is 355 g/mol. The van der Waals surface area contributed by atoms with E-state index >= 15 is 0 Å². The molecule has 2 aromatic carbocycles. The summed E-state index contributed by atoms with van der Waals surface area (Å²) in [6.07, 6.45) is 0. The summed E-state index contributed by atoms with van der Waals surface area (Å²) in [5.74, 6) is 1.68. The van der Waals surface area contributed by atoms with E-state index in [2.05, 4.69) is 15.5 Å². The van der Waals surface area contributed by atoms with E-state index in [0.29, 0.717) is 27.2 Å². The Hall–Kier alpha value is -3.13. The van der Waals surface area contributed by atoms with Crippen molar-refractivity contribution < 1.29 is 19.0 Å². The molecule has 0 fully saturated rings. The zero-order valence-electron chi connectivity index (χ0n) is 13.2. The van der Waals surface area contributed by atoms with Crippen LogP contribution in [0.1, 0.15) is 10.4 Å².